The highest BCUT2D eigenvalue weighted by molar-refractivity contribution is 5.53. The Morgan fingerprint density at radius 3 is 2.74 bits per heavy atom. The highest BCUT2D eigenvalue weighted by atomic mass is 16.5. The maximum atomic E-state index is 9.22. The molecule has 2 heterocycles. The first-order chi connectivity index (χ1) is 9.38. The third-order valence-electron chi connectivity index (χ3n) is 2.87. The summed E-state index contributed by atoms with van der Waals surface area (Å²) >= 11 is 0. The minimum absolute atomic E-state index is 0.0845. The second kappa shape index (κ2) is 5.07. The second-order valence-electron chi connectivity index (χ2n) is 4.12. The predicted molar refractivity (Wildman–Crippen MR) is 69.7 cm³/mol. The van der Waals surface area contributed by atoms with Gasteiger partial charge in [0.25, 0.3) is 0 Å². The van der Waals surface area contributed by atoms with Gasteiger partial charge in [0.2, 0.25) is 0 Å². The average Bonchev–Trinajstić information content (AvgIpc) is 2.95. The van der Waals surface area contributed by atoms with Crippen LogP contribution in [0.25, 0.3) is 5.65 Å². The Morgan fingerprint density at radius 1 is 1.11 bits per heavy atom. The van der Waals surface area contributed by atoms with Crippen molar-refractivity contribution in [3.05, 3.63) is 60.0 Å². The van der Waals surface area contributed by atoms with Crippen LogP contribution in [0.5, 0.6) is 5.75 Å². The zero-order chi connectivity index (χ0) is 13.1. The van der Waals surface area contributed by atoms with Crippen LogP contribution in [0.2, 0.25) is 0 Å². The molecule has 0 saturated heterocycles. The van der Waals surface area contributed by atoms with Gasteiger partial charge in [0.1, 0.15) is 12.9 Å². The number of aliphatic hydroxyl groups is 1. The van der Waals surface area contributed by atoms with Crippen molar-refractivity contribution in [2.45, 2.75) is 13.2 Å². The molecule has 0 aliphatic heterocycles. The number of aromatic nitrogens is 3. The minimum Gasteiger partial charge on any atom is -0.485 e. The lowest BCUT2D eigenvalue weighted by molar-refractivity contribution is 0.272. The van der Waals surface area contributed by atoms with Crippen LogP contribution in [0.1, 0.15) is 11.3 Å². The molecule has 0 radical (unpaired) electrons. The summed E-state index contributed by atoms with van der Waals surface area (Å²) < 4.78 is 7.34. The second-order valence-corrected chi connectivity index (χ2v) is 4.12. The summed E-state index contributed by atoms with van der Waals surface area (Å²) in [5.74, 6) is 0.651. The molecule has 0 unspecified atom stereocenters. The molecule has 0 spiro atoms. The molecule has 0 amide bonds. The van der Waals surface area contributed by atoms with E-state index in [1.165, 1.54) is 6.33 Å². The first kappa shape index (κ1) is 11.7. The van der Waals surface area contributed by atoms with Gasteiger partial charge in [-0.3, -0.25) is 0 Å². The molecule has 0 bridgehead atoms. The summed E-state index contributed by atoms with van der Waals surface area (Å²) in [5.41, 5.74) is 2.38. The number of fused-ring (bicyclic) bond motifs is 1. The van der Waals surface area contributed by atoms with Crippen molar-refractivity contribution in [2.75, 3.05) is 0 Å². The molecule has 1 aromatic carbocycles. The number of hydrogen-bond donors (Lipinski definition) is 1. The van der Waals surface area contributed by atoms with Crippen molar-refractivity contribution >= 4 is 5.65 Å². The van der Waals surface area contributed by atoms with E-state index in [1.807, 2.05) is 30.3 Å². The molecule has 96 valence electrons. The monoisotopic (exact) mass is 255 g/mol. The maximum absolute atomic E-state index is 9.22. The maximum Gasteiger partial charge on any atom is 0.198 e. The Hall–Kier alpha value is -2.40. The fourth-order valence-electron chi connectivity index (χ4n) is 1.90. The van der Waals surface area contributed by atoms with Crippen molar-refractivity contribution in [1.29, 1.82) is 0 Å². The largest absolute Gasteiger partial charge is 0.485 e. The molecule has 3 rings (SSSR count). The Kier molecular flexibility index (Phi) is 3.12. The zero-order valence-corrected chi connectivity index (χ0v) is 10.2. The lowest BCUT2D eigenvalue weighted by atomic mass is 10.2. The Balaban J connectivity index is 1.87. The number of ether oxygens (including phenoxy) is 1. The highest BCUT2D eigenvalue weighted by Crippen LogP contribution is 2.20. The standard InChI is InChI=1S/C14H13N3O2/c18-8-12-6-7-13(14-15-10-16-17(12)14)19-9-11-4-2-1-3-5-11/h1-7,10,18H,8-9H2. The van der Waals surface area contributed by atoms with Crippen LogP contribution < -0.4 is 4.74 Å². The zero-order valence-electron chi connectivity index (χ0n) is 10.2. The number of pyridine rings is 1. The lowest BCUT2D eigenvalue weighted by Gasteiger charge is -2.08. The van der Waals surface area contributed by atoms with Gasteiger partial charge in [-0.1, -0.05) is 30.3 Å². The van der Waals surface area contributed by atoms with Gasteiger partial charge < -0.3 is 9.84 Å². The van der Waals surface area contributed by atoms with E-state index in [1.54, 1.807) is 16.6 Å². The van der Waals surface area contributed by atoms with Gasteiger partial charge in [-0.2, -0.15) is 5.10 Å². The fourth-order valence-corrected chi connectivity index (χ4v) is 1.90. The van der Waals surface area contributed by atoms with Crippen molar-refractivity contribution < 1.29 is 9.84 Å². The molecule has 1 N–H and O–H groups in total. The molecular formula is C14H13N3O2. The van der Waals surface area contributed by atoms with Gasteiger partial charge in [-0.05, 0) is 17.7 Å². The Labute approximate surface area is 110 Å². The third kappa shape index (κ3) is 2.28. The van der Waals surface area contributed by atoms with E-state index in [0.717, 1.165) is 5.56 Å². The molecule has 0 saturated carbocycles. The van der Waals surface area contributed by atoms with E-state index in [4.69, 9.17) is 4.74 Å². The first-order valence-corrected chi connectivity index (χ1v) is 5.97. The van der Waals surface area contributed by atoms with Crippen LogP contribution in [0.15, 0.2) is 48.8 Å². The van der Waals surface area contributed by atoms with Gasteiger partial charge in [-0.15, -0.1) is 0 Å². The van der Waals surface area contributed by atoms with E-state index < -0.39 is 0 Å². The van der Waals surface area contributed by atoms with Crippen molar-refractivity contribution in [3.8, 4) is 5.75 Å². The number of hydrogen-bond acceptors (Lipinski definition) is 4. The SMILES string of the molecule is OCc1ccc(OCc2ccccc2)c2ncnn12. The molecule has 5 nitrogen and oxygen atoms in total. The summed E-state index contributed by atoms with van der Waals surface area (Å²) in [7, 11) is 0. The molecule has 0 fully saturated rings. The van der Waals surface area contributed by atoms with E-state index >= 15 is 0 Å². The van der Waals surface area contributed by atoms with Crippen LogP contribution in [-0.2, 0) is 13.2 Å². The summed E-state index contributed by atoms with van der Waals surface area (Å²) in [6.45, 7) is 0.390. The lowest BCUT2D eigenvalue weighted by Crippen LogP contribution is -2.02. The molecule has 5 heteroatoms. The van der Waals surface area contributed by atoms with Gasteiger partial charge in [0.05, 0.1) is 12.3 Å². The molecular weight excluding hydrogens is 242 g/mol. The van der Waals surface area contributed by atoms with Gasteiger partial charge in [-0.25, -0.2) is 9.50 Å². The normalized spacial score (nSPS) is 10.8. The molecule has 0 aliphatic carbocycles. The molecule has 0 aliphatic rings. The quantitative estimate of drug-likeness (QED) is 0.772. The number of rotatable bonds is 4. The van der Waals surface area contributed by atoms with E-state index in [0.29, 0.717) is 23.7 Å². The topological polar surface area (TPSA) is 59.7 Å². The summed E-state index contributed by atoms with van der Waals surface area (Å²) in [4.78, 5) is 4.16. The summed E-state index contributed by atoms with van der Waals surface area (Å²) in [5, 5.41) is 13.3. The van der Waals surface area contributed by atoms with Gasteiger partial charge >= 0.3 is 0 Å². The minimum atomic E-state index is -0.0845. The van der Waals surface area contributed by atoms with Gasteiger partial charge in [0, 0.05) is 0 Å². The van der Waals surface area contributed by atoms with Crippen LogP contribution in [0.3, 0.4) is 0 Å². The van der Waals surface area contributed by atoms with E-state index in [-0.39, 0.29) is 6.61 Å². The summed E-state index contributed by atoms with van der Waals surface area (Å²) in [6, 6.07) is 13.5. The van der Waals surface area contributed by atoms with Crippen LogP contribution >= 0.6 is 0 Å². The van der Waals surface area contributed by atoms with Crippen LogP contribution in [-0.4, -0.2) is 19.7 Å². The molecule has 2 aromatic heterocycles. The third-order valence-corrected chi connectivity index (χ3v) is 2.87. The highest BCUT2D eigenvalue weighted by Gasteiger charge is 2.08. The predicted octanol–water partition coefficient (Wildman–Crippen LogP) is 1.80. The Bertz CT molecular complexity index is 679. The molecule has 3 aromatic rings. The number of benzene rings is 1. The van der Waals surface area contributed by atoms with E-state index in [2.05, 4.69) is 10.1 Å². The van der Waals surface area contributed by atoms with Crippen LogP contribution in [0, 0.1) is 0 Å². The Morgan fingerprint density at radius 2 is 1.95 bits per heavy atom. The summed E-state index contributed by atoms with van der Waals surface area (Å²) in [6.07, 6.45) is 1.45. The number of aliphatic hydroxyl groups excluding tert-OH is 1. The molecule has 0 atom stereocenters. The van der Waals surface area contributed by atoms with Crippen molar-refractivity contribution in [1.82, 2.24) is 14.6 Å². The smallest absolute Gasteiger partial charge is 0.198 e. The van der Waals surface area contributed by atoms with Crippen molar-refractivity contribution in [2.24, 2.45) is 0 Å². The van der Waals surface area contributed by atoms with Crippen LogP contribution in [0.4, 0.5) is 0 Å². The fraction of sp³-hybridized carbons (Fsp3) is 0.143. The average molecular weight is 255 g/mol. The molecule has 19 heavy (non-hydrogen) atoms. The first-order valence-electron chi connectivity index (χ1n) is 5.97. The van der Waals surface area contributed by atoms with Gasteiger partial charge in [0.15, 0.2) is 11.4 Å². The van der Waals surface area contributed by atoms with E-state index in [9.17, 15) is 5.11 Å². The number of nitrogens with zero attached hydrogens (tertiary/aromatic N) is 3. The van der Waals surface area contributed by atoms with Crippen molar-refractivity contribution in [3.63, 3.8) is 0 Å².